The van der Waals surface area contributed by atoms with Gasteiger partial charge in [-0.1, -0.05) is 0 Å². The van der Waals surface area contributed by atoms with Crippen molar-refractivity contribution in [1.29, 1.82) is 0 Å². The minimum atomic E-state index is -0.563. The van der Waals surface area contributed by atoms with Crippen LogP contribution in [0.3, 0.4) is 0 Å². The zero-order valence-electron chi connectivity index (χ0n) is 10.4. The SMILES string of the molecule is COC(=O)N[C@@H](CCN1CCOCC1)C(C)=O. The van der Waals surface area contributed by atoms with E-state index in [-0.39, 0.29) is 5.78 Å². The van der Waals surface area contributed by atoms with Gasteiger partial charge in [0.1, 0.15) is 0 Å². The predicted octanol–water partition coefficient (Wildman–Crippen LogP) is 0.0223. The van der Waals surface area contributed by atoms with Gasteiger partial charge in [0.05, 0.1) is 26.4 Å². The van der Waals surface area contributed by atoms with E-state index in [1.54, 1.807) is 0 Å². The molecule has 0 spiro atoms. The zero-order valence-corrected chi connectivity index (χ0v) is 10.4. The Kier molecular flexibility index (Phi) is 5.93. The van der Waals surface area contributed by atoms with E-state index < -0.39 is 12.1 Å². The Balaban J connectivity index is 2.32. The monoisotopic (exact) mass is 244 g/mol. The third kappa shape index (κ3) is 5.14. The summed E-state index contributed by atoms with van der Waals surface area (Å²) in [5, 5.41) is 2.54. The van der Waals surface area contributed by atoms with E-state index in [0.29, 0.717) is 6.42 Å². The van der Waals surface area contributed by atoms with Gasteiger partial charge in [-0.3, -0.25) is 9.69 Å². The largest absolute Gasteiger partial charge is 0.453 e. The first kappa shape index (κ1) is 13.9. The Morgan fingerprint density at radius 3 is 2.59 bits per heavy atom. The molecule has 1 N–H and O–H groups in total. The highest BCUT2D eigenvalue weighted by molar-refractivity contribution is 5.85. The lowest BCUT2D eigenvalue weighted by atomic mass is 10.1. The van der Waals surface area contributed by atoms with Crippen LogP contribution in [0.1, 0.15) is 13.3 Å². The van der Waals surface area contributed by atoms with Gasteiger partial charge in [-0.05, 0) is 13.3 Å². The molecule has 17 heavy (non-hydrogen) atoms. The molecule has 0 saturated carbocycles. The molecule has 6 nitrogen and oxygen atoms in total. The maximum atomic E-state index is 11.4. The minimum Gasteiger partial charge on any atom is -0.453 e. The highest BCUT2D eigenvalue weighted by Crippen LogP contribution is 2.02. The molecule has 1 heterocycles. The van der Waals surface area contributed by atoms with Crippen molar-refractivity contribution in [2.45, 2.75) is 19.4 Å². The number of ketones is 1. The van der Waals surface area contributed by atoms with Crippen molar-refractivity contribution in [3.8, 4) is 0 Å². The van der Waals surface area contributed by atoms with Crippen molar-refractivity contribution in [3.05, 3.63) is 0 Å². The van der Waals surface area contributed by atoms with E-state index in [2.05, 4.69) is 15.0 Å². The average molecular weight is 244 g/mol. The number of hydrogen-bond acceptors (Lipinski definition) is 5. The van der Waals surface area contributed by atoms with Crippen LogP contribution in [0.4, 0.5) is 4.79 Å². The van der Waals surface area contributed by atoms with E-state index in [4.69, 9.17) is 4.74 Å². The molecule has 1 aliphatic rings. The fraction of sp³-hybridized carbons (Fsp3) is 0.818. The smallest absolute Gasteiger partial charge is 0.407 e. The molecule has 1 amide bonds. The molecular formula is C11H20N2O4. The number of Topliss-reactive ketones (excluding diaryl/α,β-unsaturated/α-hetero) is 1. The number of rotatable bonds is 5. The van der Waals surface area contributed by atoms with E-state index in [1.165, 1.54) is 14.0 Å². The summed E-state index contributed by atoms with van der Waals surface area (Å²) >= 11 is 0. The normalized spacial score (nSPS) is 18.5. The maximum absolute atomic E-state index is 11.4. The fourth-order valence-corrected chi connectivity index (χ4v) is 1.71. The van der Waals surface area contributed by atoms with Crippen molar-refractivity contribution in [3.63, 3.8) is 0 Å². The third-order valence-electron chi connectivity index (χ3n) is 2.81. The van der Waals surface area contributed by atoms with Crippen LogP contribution in [-0.4, -0.2) is 62.8 Å². The quantitative estimate of drug-likeness (QED) is 0.738. The van der Waals surface area contributed by atoms with E-state index in [0.717, 1.165) is 32.8 Å². The van der Waals surface area contributed by atoms with Crippen LogP contribution in [0, 0.1) is 0 Å². The maximum Gasteiger partial charge on any atom is 0.407 e. The second-order valence-corrected chi connectivity index (χ2v) is 4.04. The zero-order chi connectivity index (χ0) is 12.7. The second kappa shape index (κ2) is 7.24. The number of carbonyl (C=O) groups excluding carboxylic acids is 2. The van der Waals surface area contributed by atoms with Crippen molar-refractivity contribution >= 4 is 11.9 Å². The molecule has 1 saturated heterocycles. The van der Waals surface area contributed by atoms with Crippen LogP contribution in [-0.2, 0) is 14.3 Å². The van der Waals surface area contributed by atoms with E-state index in [1.807, 2.05) is 0 Å². The molecule has 1 atom stereocenters. The van der Waals surface area contributed by atoms with Gasteiger partial charge in [-0.25, -0.2) is 4.79 Å². The van der Waals surface area contributed by atoms with Gasteiger partial charge in [0.15, 0.2) is 5.78 Å². The molecule has 1 rings (SSSR count). The van der Waals surface area contributed by atoms with Gasteiger partial charge < -0.3 is 14.8 Å². The minimum absolute atomic E-state index is 0.0522. The molecular weight excluding hydrogens is 224 g/mol. The Bertz CT molecular complexity index is 264. The number of amides is 1. The topological polar surface area (TPSA) is 67.9 Å². The summed E-state index contributed by atoms with van der Waals surface area (Å²) in [4.78, 5) is 24.6. The first-order valence-electron chi connectivity index (χ1n) is 5.78. The van der Waals surface area contributed by atoms with Crippen LogP contribution in [0.2, 0.25) is 0 Å². The molecule has 98 valence electrons. The molecule has 0 aromatic carbocycles. The van der Waals surface area contributed by atoms with Crippen LogP contribution in [0.5, 0.6) is 0 Å². The van der Waals surface area contributed by atoms with Crippen molar-refractivity contribution in [1.82, 2.24) is 10.2 Å². The Labute approximate surface area is 101 Å². The van der Waals surface area contributed by atoms with Crippen LogP contribution < -0.4 is 5.32 Å². The molecule has 0 aromatic heterocycles. The number of morpholine rings is 1. The molecule has 0 unspecified atom stereocenters. The van der Waals surface area contributed by atoms with Crippen LogP contribution in [0.25, 0.3) is 0 Å². The Hall–Kier alpha value is -1.14. The summed E-state index contributed by atoms with van der Waals surface area (Å²) in [5.74, 6) is -0.0522. The number of nitrogens with zero attached hydrogens (tertiary/aromatic N) is 1. The van der Waals surface area contributed by atoms with Crippen molar-refractivity contribution in [2.75, 3.05) is 40.0 Å². The lowest BCUT2D eigenvalue weighted by Crippen LogP contribution is -2.44. The summed E-state index contributed by atoms with van der Waals surface area (Å²) in [6, 6.07) is -0.467. The molecule has 1 aliphatic heterocycles. The first-order valence-corrected chi connectivity index (χ1v) is 5.78. The van der Waals surface area contributed by atoms with Gasteiger partial charge in [0, 0.05) is 19.6 Å². The van der Waals surface area contributed by atoms with Crippen molar-refractivity contribution in [2.24, 2.45) is 0 Å². The predicted molar refractivity (Wildman–Crippen MR) is 61.9 cm³/mol. The number of hydrogen-bond donors (Lipinski definition) is 1. The number of carbonyl (C=O) groups is 2. The molecule has 0 aromatic rings. The lowest BCUT2D eigenvalue weighted by Gasteiger charge is -2.27. The number of ether oxygens (including phenoxy) is 2. The second-order valence-electron chi connectivity index (χ2n) is 4.04. The number of alkyl carbamates (subject to hydrolysis) is 1. The molecule has 6 heteroatoms. The van der Waals surface area contributed by atoms with Gasteiger partial charge >= 0.3 is 6.09 Å². The van der Waals surface area contributed by atoms with Gasteiger partial charge in [0.2, 0.25) is 0 Å². The van der Waals surface area contributed by atoms with Gasteiger partial charge in [-0.2, -0.15) is 0 Å². The van der Waals surface area contributed by atoms with Crippen LogP contribution in [0.15, 0.2) is 0 Å². The first-order chi connectivity index (χ1) is 8.13. The number of methoxy groups -OCH3 is 1. The average Bonchev–Trinajstić information content (AvgIpc) is 2.35. The van der Waals surface area contributed by atoms with Gasteiger partial charge in [0.25, 0.3) is 0 Å². The Morgan fingerprint density at radius 1 is 1.41 bits per heavy atom. The highest BCUT2D eigenvalue weighted by atomic mass is 16.5. The highest BCUT2D eigenvalue weighted by Gasteiger charge is 2.19. The van der Waals surface area contributed by atoms with Crippen LogP contribution >= 0.6 is 0 Å². The number of nitrogens with one attached hydrogen (secondary N) is 1. The summed E-state index contributed by atoms with van der Waals surface area (Å²) in [7, 11) is 1.29. The lowest BCUT2D eigenvalue weighted by molar-refractivity contribution is -0.119. The molecule has 1 fully saturated rings. The van der Waals surface area contributed by atoms with E-state index >= 15 is 0 Å². The summed E-state index contributed by atoms with van der Waals surface area (Å²) in [6.07, 6.45) is 0.0388. The summed E-state index contributed by atoms with van der Waals surface area (Å²) in [6.45, 7) is 5.47. The molecule has 0 aliphatic carbocycles. The van der Waals surface area contributed by atoms with Gasteiger partial charge in [-0.15, -0.1) is 0 Å². The fourth-order valence-electron chi connectivity index (χ4n) is 1.71. The summed E-state index contributed by atoms with van der Waals surface area (Å²) in [5.41, 5.74) is 0. The molecule has 0 bridgehead atoms. The summed E-state index contributed by atoms with van der Waals surface area (Å²) < 4.78 is 9.72. The van der Waals surface area contributed by atoms with Crippen molar-refractivity contribution < 1.29 is 19.1 Å². The standard InChI is InChI=1S/C11H20N2O4/c1-9(14)10(12-11(15)16-2)3-4-13-5-7-17-8-6-13/h10H,3-8H2,1-2H3,(H,12,15)/t10-/m0/s1. The molecule has 0 radical (unpaired) electrons. The Morgan fingerprint density at radius 2 is 2.06 bits per heavy atom. The van der Waals surface area contributed by atoms with E-state index in [9.17, 15) is 9.59 Å². The third-order valence-corrected chi connectivity index (χ3v) is 2.81.